The number of anilines is 1. The number of nitrogens with two attached hydrogens (primary N) is 1. The molecule has 0 spiro atoms. The number of carbonyl (C=O) groups excluding carboxylic acids is 1. The zero-order chi connectivity index (χ0) is 20.4. The van der Waals surface area contributed by atoms with Crippen LogP contribution >= 0.6 is 0 Å². The molecule has 4 N–H and O–H groups in total. The molecule has 0 radical (unpaired) electrons. The van der Waals surface area contributed by atoms with Crippen LogP contribution in [-0.4, -0.2) is 54.6 Å². The van der Waals surface area contributed by atoms with Crippen LogP contribution in [0.25, 0.3) is 16.9 Å². The van der Waals surface area contributed by atoms with Crippen molar-refractivity contribution in [3.63, 3.8) is 0 Å². The quantitative estimate of drug-likeness (QED) is 0.522. The Bertz CT molecular complexity index is 1050. The number of primary amides is 1. The highest BCUT2D eigenvalue weighted by Gasteiger charge is 2.28. The van der Waals surface area contributed by atoms with E-state index in [2.05, 4.69) is 25.6 Å². The zero-order valence-electron chi connectivity index (χ0n) is 15.4. The number of benzene rings is 1. The van der Waals surface area contributed by atoms with Gasteiger partial charge in [0.2, 0.25) is 11.9 Å². The number of ether oxygens (including phenoxy) is 1. The normalized spacial score (nSPS) is 18.6. The topological polar surface area (TPSA) is 158 Å². The summed E-state index contributed by atoms with van der Waals surface area (Å²) in [6, 6.07) is 6.84. The van der Waals surface area contributed by atoms with Crippen molar-refractivity contribution in [3.05, 3.63) is 30.5 Å². The Morgan fingerprint density at radius 2 is 2.07 bits per heavy atom. The van der Waals surface area contributed by atoms with Crippen LogP contribution in [0, 0.1) is 5.92 Å². The molecular formula is C18H19N7O4. The first-order valence-electron chi connectivity index (χ1n) is 9.09. The molecule has 1 aliphatic rings. The molecule has 2 atom stereocenters. The van der Waals surface area contributed by atoms with Gasteiger partial charge >= 0.3 is 5.97 Å². The van der Waals surface area contributed by atoms with Gasteiger partial charge in [-0.2, -0.15) is 9.67 Å². The molecule has 1 amide bonds. The highest BCUT2D eigenvalue weighted by molar-refractivity contribution is 5.77. The zero-order valence-corrected chi connectivity index (χ0v) is 15.4. The van der Waals surface area contributed by atoms with Crippen molar-refractivity contribution in [1.29, 1.82) is 0 Å². The summed E-state index contributed by atoms with van der Waals surface area (Å²) in [7, 11) is 0. The summed E-state index contributed by atoms with van der Waals surface area (Å²) in [6.45, 7) is -0.411. The van der Waals surface area contributed by atoms with Gasteiger partial charge in [-0.15, -0.1) is 5.10 Å². The molecule has 1 aromatic carbocycles. The number of nitrogens with zero attached hydrogens (tertiary/aromatic N) is 5. The molecule has 2 aromatic heterocycles. The van der Waals surface area contributed by atoms with Crippen LogP contribution in [0.1, 0.15) is 19.3 Å². The summed E-state index contributed by atoms with van der Waals surface area (Å²) < 4.78 is 6.69. The van der Waals surface area contributed by atoms with Crippen molar-refractivity contribution in [3.8, 4) is 11.4 Å². The Kier molecular flexibility index (Phi) is 4.94. The molecule has 4 rings (SSSR count). The average Bonchev–Trinajstić information content (AvgIpc) is 3.34. The molecule has 29 heavy (non-hydrogen) atoms. The predicted octanol–water partition coefficient (Wildman–Crippen LogP) is 0.740. The molecule has 1 fully saturated rings. The molecule has 1 saturated carbocycles. The van der Waals surface area contributed by atoms with Crippen molar-refractivity contribution in [2.24, 2.45) is 11.7 Å². The lowest BCUT2D eigenvalue weighted by atomic mass is 10.1. The van der Waals surface area contributed by atoms with Crippen LogP contribution in [0.3, 0.4) is 0 Å². The van der Waals surface area contributed by atoms with E-state index in [0.717, 1.165) is 12.8 Å². The molecule has 0 saturated heterocycles. The van der Waals surface area contributed by atoms with Crippen LogP contribution in [0.4, 0.5) is 5.95 Å². The van der Waals surface area contributed by atoms with E-state index in [9.17, 15) is 9.59 Å². The number of carboxylic acids is 1. The largest absolute Gasteiger partial charge is 0.482 e. The first kappa shape index (κ1) is 18.6. The van der Waals surface area contributed by atoms with E-state index >= 15 is 0 Å². The number of carboxylic acid groups (broad SMARTS) is 1. The number of rotatable bonds is 7. The highest BCUT2D eigenvalue weighted by atomic mass is 16.5. The van der Waals surface area contributed by atoms with Crippen molar-refractivity contribution in [2.45, 2.75) is 25.3 Å². The summed E-state index contributed by atoms with van der Waals surface area (Å²) in [6.07, 6.45) is 3.82. The number of aliphatic carboxylic acids is 1. The van der Waals surface area contributed by atoms with Gasteiger partial charge in [-0.25, -0.2) is 9.78 Å². The third-order valence-corrected chi connectivity index (χ3v) is 4.80. The van der Waals surface area contributed by atoms with E-state index in [1.165, 1.54) is 0 Å². The van der Waals surface area contributed by atoms with Crippen LogP contribution in [0.5, 0.6) is 5.75 Å². The van der Waals surface area contributed by atoms with Crippen molar-refractivity contribution in [2.75, 3.05) is 11.9 Å². The summed E-state index contributed by atoms with van der Waals surface area (Å²) in [5.41, 5.74) is 7.13. The van der Waals surface area contributed by atoms with Crippen LogP contribution in [0.2, 0.25) is 0 Å². The Labute approximate surface area is 164 Å². The van der Waals surface area contributed by atoms with E-state index in [4.69, 9.17) is 15.6 Å². The first-order chi connectivity index (χ1) is 14.0. The molecule has 11 heteroatoms. The monoisotopic (exact) mass is 397 g/mol. The Hall–Kier alpha value is -3.76. The van der Waals surface area contributed by atoms with Gasteiger partial charge in [-0.05, 0) is 43.5 Å². The second-order valence-electron chi connectivity index (χ2n) is 6.83. The number of hydrogen-bond acceptors (Lipinski definition) is 8. The number of fused-ring (bicyclic) bond motifs is 1. The van der Waals surface area contributed by atoms with Gasteiger partial charge in [-0.3, -0.25) is 4.79 Å². The molecule has 150 valence electrons. The average molecular weight is 397 g/mol. The maximum atomic E-state index is 11.3. The fraction of sp³-hybridized carbons (Fsp3) is 0.333. The van der Waals surface area contributed by atoms with Gasteiger partial charge in [0, 0.05) is 12.0 Å². The van der Waals surface area contributed by atoms with E-state index in [0.29, 0.717) is 35.0 Å². The Morgan fingerprint density at radius 3 is 2.76 bits per heavy atom. The van der Waals surface area contributed by atoms with Crippen molar-refractivity contribution >= 4 is 29.0 Å². The first-order valence-corrected chi connectivity index (χ1v) is 9.09. The van der Waals surface area contributed by atoms with E-state index in [-0.39, 0.29) is 17.9 Å². The molecule has 2 heterocycles. The standard InChI is InChI=1S/C18H19N7O4/c19-16(28)10-1-2-11(7-10)21-18-20-8-14-17(22-18)25(24-23-14)12-3-5-13(6-4-12)29-9-15(26)27/h3-6,8,10-11H,1-2,7,9H2,(H2,19,28)(H,26,27)(H,20,21,22)/t10-,11-/m1/s1. The second-order valence-corrected chi connectivity index (χ2v) is 6.83. The second kappa shape index (κ2) is 7.70. The number of aromatic nitrogens is 5. The summed E-state index contributed by atoms with van der Waals surface area (Å²) in [5.74, 6) is -0.577. The number of amides is 1. The predicted molar refractivity (Wildman–Crippen MR) is 102 cm³/mol. The summed E-state index contributed by atoms with van der Waals surface area (Å²) in [4.78, 5) is 30.7. The Morgan fingerprint density at radius 1 is 1.28 bits per heavy atom. The van der Waals surface area contributed by atoms with Gasteiger partial charge in [-0.1, -0.05) is 5.21 Å². The maximum absolute atomic E-state index is 11.3. The summed E-state index contributed by atoms with van der Waals surface area (Å²) >= 11 is 0. The minimum absolute atomic E-state index is 0.0833. The van der Waals surface area contributed by atoms with Crippen LogP contribution in [-0.2, 0) is 9.59 Å². The number of nitrogens with one attached hydrogen (secondary N) is 1. The highest BCUT2D eigenvalue weighted by Crippen LogP contribution is 2.27. The van der Waals surface area contributed by atoms with E-state index in [1.54, 1.807) is 35.1 Å². The van der Waals surface area contributed by atoms with Crippen molar-refractivity contribution in [1.82, 2.24) is 25.0 Å². The van der Waals surface area contributed by atoms with E-state index < -0.39 is 12.6 Å². The minimum atomic E-state index is -1.04. The lowest BCUT2D eigenvalue weighted by Gasteiger charge is -2.12. The van der Waals surface area contributed by atoms with E-state index in [1.807, 2.05) is 0 Å². The fourth-order valence-electron chi connectivity index (χ4n) is 3.35. The lowest BCUT2D eigenvalue weighted by molar-refractivity contribution is -0.139. The van der Waals surface area contributed by atoms with Gasteiger partial charge < -0.3 is 20.9 Å². The van der Waals surface area contributed by atoms with Gasteiger partial charge in [0.15, 0.2) is 17.8 Å². The smallest absolute Gasteiger partial charge is 0.341 e. The molecule has 1 aliphatic carbocycles. The molecule has 0 bridgehead atoms. The van der Waals surface area contributed by atoms with Gasteiger partial charge in [0.1, 0.15) is 5.75 Å². The summed E-state index contributed by atoms with van der Waals surface area (Å²) in [5, 5.41) is 20.1. The molecule has 0 unspecified atom stereocenters. The molecular weight excluding hydrogens is 378 g/mol. The van der Waals surface area contributed by atoms with Crippen LogP contribution in [0.15, 0.2) is 30.5 Å². The molecule has 0 aliphatic heterocycles. The lowest BCUT2D eigenvalue weighted by Crippen LogP contribution is -2.23. The van der Waals surface area contributed by atoms with Crippen LogP contribution < -0.4 is 15.8 Å². The minimum Gasteiger partial charge on any atom is -0.482 e. The van der Waals surface area contributed by atoms with Gasteiger partial charge in [0.05, 0.1) is 11.9 Å². The third kappa shape index (κ3) is 4.08. The Balaban J connectivity index is 1.53. The van der Waals surface area contributed by atoms with Crippen molar-refractivity contribution < 1.29 is 19.4 Å². The third-order valence-electron chi connectivity index (χ3n) is 4.80. The molecule has 11 nitrogen and oxygen atoms in total. The number of carbonyl (C=O) groups is 2. The van der Waals surface area contributed by atoms with Gasteiger partial charge in [0.25, 0.3) is 0 Å². The SMILES string of the molecule is NC(=O)[C@@H]1CC[C@@H](Nc2ncc3nnn(-c4ccc(OCC(=O)O)cc4)c3n2)C1. The maximum Gasteiger partial charge on any atom is 0.341 e. The number of hydrogen-bond donors (Lipinski definition) is 3. The fourth-order valence-corrected chi connectivity index (χ4v) is 3.35. The molecule has 3 aromatic rings.